The van der Waals surface area contributed by atoms with Gasteiger partial charge in [-0.05, 0) is 0 Å². The van der Waals surface area contributed by atoms with E-state index >= 15 is 0 Å². The summed E-state index contributed by atoms with van der Waals surface area (Å²) in [6, 6.07) is 5.80. The highest BCUT2D eigenvalue weighted by atomic mass is 32.1. The van der Waals surface area contributed by atoms with Crippen LogP contribution in [0.2, 0.25) is 0 Å². The van der Waals surface area contributed by atoms with Gasteiger partial charge in [0.15, 0.2) is 35.7 Å². The zero-order valence-electron chi connectivity index (χ0n) is 9.99. The van der Waals surface area contributed by atoms with E-state index in [1.165, 1.54) is 0 Å². The number of carbonyl (C=O) groups is 1. The zero-order chi connectivity index (χ0) is 16.2. The van der Waals surface area contributed by atoms with Crippen LogP contribution in [0.4, 0.5) is 22.0 Å². The Morgan fingerprint density at radius 1 is 0.857 bits per heavy atom. The summed E-state index contributed by atoms with van der Waals surface area (Å²) in [6.45, 7) is 0. The normalized spacial score (nSPS) is 9.81. The first-order valence-electron chi connectivity index (χ1n) is 5.15. The molecule has 0 aliphatic heterocycles. The Morgan fingerprint density at radius 3 is 1.52 bits per heavy atom. The number of rotatable bonds is 1. The largest absolute Gasteiger partial charge is 0.545 e. The maximum absolute atomic E-state index is 12.5. The van der Waals surface area contributed by atoms with Crippen LogP contribution >= 0.6 is 12.8 Å². The number of pyridine rings is 1. The van der Waals surface area contributed by atoms with E-state index in [1.807, 2.05) is 30.6 Å². The highest BCUT2D eigenvalue weighted by molar-refractivity contribution is 7.73. The third kappa shape index (κ3) is 3.91. The van der Waals surface area contributed by atoms with E-state index in [1.54, 1.807) is 3.97 Å². The maximum atomic E-state index is 12.5. The molecule has 3 nitrogen and oxygen atoms in total. The second-order valence-electron chi connectivity index (χ2n) is 3.49. The van der Waals surface area contributed by atoms with Gasteiger partial charge in [-0.3, -0.25) is 0 Å². The summed E-state index contributed by atoms with van der Waals surface area (Å²) in [7, 11) is 0. The quantitative estimate of drug-likeness (QED) is 0.284. The maximum Gasteiger partial charge on any atom is 0.200 e. The fraction of sp³-hybridized carbons (Fsp3) is 0. The van der Waals surface area contributed by atoms with Gasteiger partial charge in [0.1, 0.15) is 12.8 Å². The van der Waals surface area contributed by atoms with Crippen LogP contribution in [-0.4, -0.2) is 5.97 Å². The smallest absolute Gasteiger partial charge is 0.200 e. The minimum absolute atomic E-state index is 1.69. The van der Waals surface area contributed by atoms with Crippen LogP contribution in [0.25, 0.3) is 0 Å². The molecule has 2 aromatic rings. The van der Waals surface area contributed by atoms with Crippen molar-refractivity contribution in [1.29, 1.82) is 0 Å². The molecule has 0 radical (unpaired) electrons. The van der Waals surface area contributed by atoms with Crippen molar-refractivity contribution >= 4 is 18.8 Å². The van der Waals surface area contributed by atoms with Gasteiger partial charge < -0.3 is 9.90 Å². The van der Waals surface area contributed by atoms with Crippen molar-refractivity contribution in [2.75, 3.05) is 0 Å². The second kappa shape index (κ2) is 7.02. The van der Waals surface area contributed by atoms with Gasteiger partial charge in [-0.2, -0.15) is 0 Å². The number of hydrogen-bond acceptors (Lipinski definition) is 3. The van der Waals surface area contributed by atoms with Gasteiger partial charge in [-0.15, -0.1) is 3.97 Å². The lowest BCUT2D eigenvalue weighted by molar-refractivity contribution is -0.489. The van der Waals surface area contributed by atoms with Crippen molar-refractivity contribution in [3.63, 3.8) is 0 Å². The van der Waals surface area contributed by atoms with Crippen LogP contribution in [0.1, 0.15) is 10.4 Å². The number of benzene rings is 1. The van der Waals surface area contributed by atoms with E-state index in [0.717, 1.165) is 0 Å². The average molecular weight is 323 g/mol. The van der Waals surface area contributed by atoms with Crippen molar-refractivity contribution in [3.8, 4) is 0 Å². The van der Waals surface area contributed by atoms with Gasteiger partial charge in [0.05, 0.1) is 11.5 Å². The van der Waals surface area contributed by atoms with Crippen LogP contribution in [0.5, 0.6) is 0 Å². The Hall–Kier alpha value is -2.16. The van der Waals surface area contributed by atoms with Crippen LogP contribution in [0.15, 0.2) is 30.6 Å². The Kier molecular flexibility index (Phi) is 5.65. The third-order valence-electron chi connectivity index (χ3n) is 2.11. The molecule has 0 amide bonds. The molecule has 112 valence electrons. The highest BCUT2D eigenvalue weighted by Crippen LogP contribution is 2.22. The van der Waals surface area contributed by atoms with E-state index in [2.05, 4.69) is 12.8 Å². The minimum atomic E-state index is -2.47. The zero-order valence-corrected chi connectivity index (χ0v) is 10.9. The summed E-state index contributed by atoms with van der Waals surface area (Å²) in [4.78, 5) is 10.0. The molecule has 2 rings (SSSR count). The number of aromatic nitrogens is 1. The highest BCUT2D eigenvalue weighted by Gasteiger charge is 2.25. The molecule has 0 saturated carbocycles. The fourth-order valence-corrected chi connectivity index (χ4v) is 1.33. The number of carbonyl (C=O) groups excluding carboxylic acids is 1. The van der Waals surface area contributed by atoms with E-state index in [4.69, 9.17) is 0 Å². The van der Waals surface area contributed by atoms with Crippen LogP contribution < -0.4 is 9.08 Å². The van der Waals surface area contributed by atoms with E-state index in [0.29, 0.717) is 0 Å². The first-order valence-corrected chi connectivity index (χ1v) is 5.55. The number of aromatic carboxylic acids is 1. The summed E-state index contributed by atoms with van der Waals surface area (Å²) in [6.07, 6.45) is 3.73. The van der Waals surface area contributed by atoms with Crippen LogP contribution in [-0.2, 0) is 0 Å². The number of hydrogen-bond donors (Lipinski definition) is 1. The minimum Gasteiger partial charge on any atom is -0.545 e. The molecule has 0 fully saturated rings. The predicted molar refractivity (Wildman–Crippen MR) is 61.6 cm³/mol. The molecular weight excluding hydrogens is 317 g/mol. The number of carboxylic acid groups (broad SMARTS) is 1. The van der Waals surface area contributed by atoms with E-state index in [9.17, 15) is 31.9 Å². The van der Waals surface area contributed by atoms with Crippen molar-refractivity contribution in [1.82, 2.24) is 0 Å². The number of halogens is 5. The summed E-state index contributed by atoms with van der Waals surface area (Å²) in [5.74, 6) is -14.4. The lowest BCUT2D eigenvalue weighted by atomic mass is 10.1. The van der Waals surface area contributed by atoms with Crippen molar-refractivity contribution in [3.05, 3.63) is 65.2 Å². The van der Waals surface area contributed by atoms with Gasteiger partial charge in [0.25, 0.3) is 0 Å². The molecule has 0 aliphatic rings. The molecule has 1 aromatic heterocycles. The van der Waals surface area contributed by atoms with Gasteiger partial charge in [-0.1, -0.05) is 6.07 Å². The molecule has 0 N–H and O–H groups in total. The molecule has 0 aliphatic carbocycles. The summed E-state index contributed by atoms with van der Waals surface area (Å²) < 4.78 is 63.7. The Morgan fingerprint density at radius 2 is 1.24 bits per heavy atom. The molecular formula is C12H6F5NO2S. The summed E-state index contributed by atoms with van der Waals surface area (Å²) in [5, 5.41) is 10.0. The van der Waals surface area contributed by atoms with Crippen molar-refractivity contribution < 1.29 is 35.8 Å². The van der Waals surface area contributed by atoms with Crippen LogP contribution in [0.3, 0.4) is 0 Å². The first-order chi connectivity index (χ1) is 9.77. The second-order valence-corrected chi connectivity index (χ2v) is 3.95. The Bertz CT molecular complexity index is 637. The van der Waals surface area contributed by atoms with Gasteiger partial charge >= 0.3 is 0 Å². The molecule has 0 atom stereocenters. The molecule has 0 spiro atoms. The molecule has 0 unspecified atom stereocenters. The van der Waals surface area contributed by atoms with Crippen molar-refractivity contribution in [2.45, 2.75) is 0 Å². The lowest BCUT2D eigenvalue weighted by Gasteiger charge is -2.07. The first kappa shape index (κ1) is 16.9. The van der Waals surface area contributed by atoms with Crippen molar-refractivity contribution in [2.24, 2.45) is 0 Å². The topological polar surface area (TPSA) is 44.0 Å². The average Bonchev–Trinajstić information content (AvgIpc) is 2.44. The number of nitrogens with zero attached hydrogens (tertiary/aromatic N) is 1. The monoisotopic (exact) mass is 323 g/mol. The standard InChI is InChI=1S/C7HF5O2.C5H6NS/c8-2-1(7(13)14)3(9)5(11)6(12)4(2)10;7-6-4-2-1-3-5-6/h(H,13,14);1-5,7H/q;+1/p-1. The Labute approximate surface area is 120 Å². The lowest BCUT2D eigenvalue weighted by Crippen LogP contribution is -2.26. The van der Waals surface area contributed by atoms with Gasteiger partial charge in [0, 0.05) is 12.1 Å². The molecule has 1 heterocycles. The van der Waals surface area contributed by atoms with Gasteiger partial charge in [0.2, 0.25) is 5.82 Å². The SMILES string of the molecule is O=C([O-])c1c(F)c(F)c(F)c(F)c1F.S[n+]1ccccc1. The van der Waals surface area contributed by atoms with E-state index in [-0.39, 0.29) is 0 Å². The van der Waals surface area contributed by atoms with Gasteiger partial charge in [-0.25, -0.2) is 22.0 Å². The predicted octanol–water partition coefficient (Wildman–Crippen LogP) is 1.41. The molecule has 1 aromatic carbocycles. The Balaban J connectivity index is 0.000000262. The summed E-state index contributed by atoms with van der Waals surface area (Å²) in [5.41, 5.74) is -1.97. The fourth-order valence-electron chi connectivity index (χ4n) is 1.17. The van der Waals surface area contributed by atoms with E-state index < -0.39 is 40.6 Å². The van der Waals surface area contributed by atoms with Crippen LogP contribution in [0, 0.1) is 29.1 Å². The third-order valence-corrected chi connectivity index (χ3v) is 2.38. The number of thiol groups is 1. The molecule has 21 heavy (non-hydrogen) atoms. The summed E-state index contributed by atoms with van der Waals surface area (Å²) >= 11 is 4.00. The number of carboxylic acids is 1. The molecule has 9 heteroatoms. The molecule has 0 bridgehead atoms. The molecule has 0 saturated heterocycles.